The van der Waals surface area contributed by atoms with Crippen molar-refractivity contribution in [1.82, 2.24) is 9.78 Å². The third kappa shape index (κ3) is 5.29. The van der Waals surface area contributed by atoms with E-state index in [0.29, 0.717) is 0 Å². The van der Waals surface area contributed by atoms with Crippen molar-refractivity contribution in [2.45, 2.75) is 20.3 Å². The molecule has 100 valence electrons. The molecule has 0 spiro atoms. The maximum atomic E-state index is 4.35. The molecule has 0 fully saturated rings. The molecule has 2 rings (SSSR count). The molecule has 1 aliphatic carbocycles. The van der Waals surface area contributed by atoms with E-state index in [4.69, 9.17) is 0 Å². The Morgan fingerprint density at radius 3 is 2.63 bits per heavy atom. The van der Waals surface area contributed by atoms with Crippen LogP contribution in [-0.2, 0) is 0 Å². The standard InChI is InChI=1S/C11H13N3.C4H7N/c1-2-12-10-4-6-11(7-5-10)14-9-3-8-13-14;1-4(2)5-3/h3-4,6-9H,2,5H2,1H3;1,3H2,2H3. The molecule has 0 saturated heterocycles. The van der Waals surface area contributed by atoms with Crippen LogP contribution < -0.4 is 0 Å². The van der Waals surface area contributed by atoms with Crippen molar-refractivity contribution >= 4 is 18.1 Å². The number of rotatable bonds is 3. The highest BCUT2D eigenvalue weighted by Crippen LogP contribution is 2.12. The van der Waals surface area contributed by atoms with Gasteiger partial charge in [-0.2, -0.15) is 5.10 Å². The van der Waals surface area contributed by atoms with Crippen molar-refractivity contribution in [3.8, 4) is 0 Å². The maximum Gasteiger partial charge on any atom is 0.0610 e. The average molecular weight is 256 g/mol. The first-order valence-corrected chi connectivity index (χ1v) is 6.21. The van der Waals surface area contributed by atoms with E-state index in [1.807, 2.05) is 29.9 Å². The predicted molar refractivity (Wildman–Crippen MR) is 82.6 cm³/mol. The Labute approximate surface area is 114 Å². The fourth-order valence-electron chi connectivity index (χ4n) is 1.44. The number of hydrogen-bond donors (Lipinski definition) is 0. The zero-order valence-electron chi connectivity index (χ0n) is 11.6. The molecule has 0 aliphatic heterocycles. The minimum absolute atomic E-state index is 0.769. The first kappa shape index (κ1) is 14.8. The SMILES string of the molecule is C=NC(=C)C.CCN=C1C=CC(n2cccn2)=CC1. The summed E-state index contributed by atoms with van der Waals surface area (Å²) in [6, 6.07) is 1.92. The minimum atomic E-state index is 0.769. The van der Waals surface area contributed by atoms with Gasteiger partial charge in [-0.25, -0.2) is 4.68 Å². The Hall–Kier alpha value is -2.23. The van der Waals surface area contributed by atoms with Crippen LogP contribution in [-0.4, -0.2) is 28.8 Å². The van der Waals surface area contributed by atoms with Crippen molar-refractivity contribution < 1.29 is 0 Å². The van der Waals surface area contributed by atoms with E-state index in [0.717, 1.165) is 30.1 Å². The Morgan fingerprint density at radius 1 is 1.47 bits per heavy atom. The lowest BCUT2D eigenvalue weighted by Crippen LogP contribution is -2.03. The van der Waals surface area contributed by atoms with Crippen molar-refractivity contribution in [1.29, 1.82) is 0 Å². The van der Waals surface area contributed by atoms with Crippen molar-refractivity contribution in [2.75, 3.05) is 6.54 Å². The Balaban J connectivity index is 0.000000312. The van der Waals surface area contributed by atoms with E-state index in [1.54, 1.807) is 13.1 Å². The number of nitrogens with zero attached hydrogens (tertiary/aromatic N) is 4. The largest absolute Gasteiger partial charge is 0.290 e. The third-order valence-electron chi connectivity index (χ3n) is 2.37. The van der Waals surface area contributed by atoms with Crippen LogP contribution in [0.3, 0.4) is 0 Å². The van der Waals surface area contributed by atoms with Gasteiger partial charge in [-0.1, -0.05) is 12.7 Å². The predicted octanol–water partition coefficient (Wildman–Crippen LogP) is 3.37. The average Bonchev–Trinajstić information content (AvgIpc) is 2.95. The highest BCUT2D eigenvalue weighted by Gasteiger charge is 2.03. The summed E-state index contributed by atoms with van der Waals surface area (Å²) in [7, 11) is 0. The summed E-state index contributed by atoms with van der Waals surface area (Å²) >= 11 is 0. The summed E-state index contributed by atoms with van der Waals surface area (Å²) in [6.07, 6.45) is 10.9. The molecule has 0 N–H and O–H groups in total. The van der Waals surface area contributed by atoms with Gasteiger partial charge in [0.05, 0.1) is 5.70 Å². The monoisotopic (exact) mass is 256 g/mol. The molecule has 0 atom stereocenters. The quantitative estimate of drug-likeness (QED) is 0.764. The molecule has 0 aromatic carbocycles. The number of hydrogen-bond acceptors (Lipinski definition) is 3. The molecule has 0 saturated carbocycles. The van der Waals surface area contributed by atoms with Crippen LogP contribution in [0.15, 0.2) is 58.9 Å². The summed E-state index contributed by atoms with van der Waals surface area (Å²) in [5, 5.41) is 4.17. The van der Waals surface area contributed by atoms with Gasteiger partial charge < -0.3 is 0 Å². The van der Waals surface area contributed by atoms with Gasteiger partial charge in [-0.3, -0.25) is 9.98 Å². The van der Waals surface area contributed by atoms with E-state index >= 15 is 0 Å². The molecule has 1 aromatic heterocycles. The summed E-state index contributed by atoms with van der Waals surface area (Å²) in [6.45, 7) is 11.4. The molecule has 4 nitrogen and oxygen atoms in total. The van der Waals surface area contributed by atoms with Crippen molar-refractivity contribution in [2.24, 2.45) is 9.98 Å². The molecule has 0 unspecified atom stereocenters. The van der Waals surface area contributed by atoms with E-state index in [-0.39, 0.29) is 0 Å². The second-order valence-electron chi connectivity index (χ2n) is 3.98. The highest BCUT2D eigenvalue weighted by atomic mass is 15.3. The van der Waals surface area contributed by atoms with Crippen LogP contribution >= 0.6 is 0 Å². The van der Waals surface area contributed by atoms with E-state index in [9.17, 15) is 0 Å². The molecular weight excluding hydrogens is 236 g/mol. The molecule has 0 amide bonds. The lowest BCUT2D eigenvalue weighted by Gasteiger charge is -2.08. The Bertz CT molecular complexity index is 504. The summed E-state index contributed by atoms with van der Waals surface area (Å²) in [5.41, 5.74) is 3.03. The molecule has 1 aliphatic rings. The zero-order valence-corrected chi connectivity index (χ0v) is 11.6. The van der Waals surface area contributed by atoms with Crippen LogP contribution in [0.25, 0.3) is 5.70 Å². The smallest absolute Gasteiger partial charge is 0.0610 e. The van der Waals surface area contributed by atoms with Crippen LogP contribution in [0.4, 0.5) is 0 Å². The summed E-state index contributed by atoms with van der Waals surface area (Å²) < 4.78 is 1.86. The van der Waals surface area contributed by atoms with E-state index in [1.165, 1.54) is 0 Å². The lowest BCUT2D eigenvalue weighted by molar-refractivity contribution is 0.905. The van der Waals surface area contributed by atoms with Gasteiger partial charge in [0.25, 0.3) is 0 Å². The maximum absolute atomic E-state index is 4.35. The van der Waals surface area contributed by atoms with Gasteiger partial charge >= 0.3 is 0 Å². The molecule has 1 aromatic rings. The van der Waals surface area contributed by atoms with Gasteiger partial charge in [0.1, 0.15) is 0 Å². The van der Waals surface area contributed by atoms with Gasteiger partial charge in [0, 0.05) is 36.8 Å². The third-order valence-corrected chi connectivity index (χ3v) is 2.37. The van der Waals surface area contributed by atoms with E-state index in [2.05, 4.69) is 40.5 Å². The normalized spacial score (nSPS) is 15.5. The molecule has 0 radical (unpaired) electrons. The van der Waals surface area contributed by atoms with Gasteiger partial charge in [-0.05, 0) is 38.8 Å². The Kier molecular flexibility index (Phi) is 6.22. The van der Waals surface area contributed by atoms with Crippen molar-refractivity contribution in [3.63, 3.8) is 0 Å². The first-order valence-electron chi connectivity index (χ1n) is 6.21. The Morgan fingerprint density at radius 2 is 2.21 bits per heavy atom. The first-order chi connectivity index (χ1) is 9.17. The zero-order chi connectivity index (χ0) is 14.1. The molecule has 1 heterocycles. The number of allylic oxidation sites excluding steroid dienone is 5. The fourth-order valence-corrected chi connectivity index (χ4v) is 1.44. The minimum Gasteiger partial charge on any atom is -0.290 e. The van der Waals surface area contributed by atoms with Gasteiger partial charge in [-0.15, -0.1) is 0 Å². The number of aliphatic imine (C=N–C) groups is 2. The van der Waals surface area contributed by atoms with Crippen LogP contribution in [0.1, 0.15) is 20.3 Å². The highest BCUT2D eigenvalue weighted by molar-refractivity contribution is 5.99. The van der Waals surface area contributed by atoms with Gasteiger partial charge in [0.15, 0.2) is 0 Å². The summed E-state index contributed by atoms with van der Waals surface area (Å²) in [5.74, 6) is 0. The topological polar surface area (TPSA) is 42.5 Å². The lowest BCUT2D eigenvalue weighted by atomic mass is 10.1. The van der Waals surface area contributed by atoms with E-state index < -0.39 is 0 Å². The summed E-state index contributed by atoms with van der Waals surface area (Å²) in [4.78, 5) is 7.80. The second-order valence-corrected chi connectivity index (χ2v) is 3.98. The van der Waals surface area contributed by atoms with Crippen molar-refractivity contribution in [3.05, 3.63) is 49.0 Å². The fraction of sp³-hybridized carbons (Fsp3) is 0.267. The van der Waals surface area contributed by atoms with Crippen LogP contribution in [0.2, 0.25) is 0 Å². The molecule has 4 heteroatoms. The van der Waals surface area contributed by atoms with Crippen LogP contribution in [0, 0.1) is 0 Å². The number of aromatic nitrogens is 2. The molecule has 19 heavy (non-hydrogen) atoms. The molecular formula is C15H20N4. The second kappa shape index (κ2) is 7.97. The molecule has 0 bridgehead atoms. The van der Waals surface area contributed by atoms with Crippen LogP contribution in [0.5, 0.6) is 0 Å². The van der Waals surface area contributed by atoms with Gasteiger partial charge in [0.2, 0.25) is 0 Å².